The molecule has 2 heterocycles. The number of nitrogens with zero attached hydrogens (tertiary/aromatic N) is 2. The Kier molecular flexibility index (Phi) is 4.11. The minimum absolute atomic E-state index is 0.0155. The molecule has 0 aliphatic rings. The van der Waals surface area contributed by atoms with Crippen LogP contribution in [0.15, 0.2) is 35.5 Å². The van der Waals surface area contributed by atoms with Gasteiger partial charge in [0.2, 0.25) is 5.91 Å². The average Bonchev–Trinajstić information content (AvgIpc) is 2.82. The summed E-state index contributed by atoms with van der Waals surface area (Å²) >= 11 is 3.02. The second kappa shape index (κ2) is 5.79. The van der Waals surface area contributed by atoms with E-state index in [9.17, 15) is 4.79 Å². The lowest BCUT2D eigenvalue weighted by atomic mass is 10.5. The Labute approximate surface area is 107 Å². The second-order valence-electron chi connectivity index (χ2n) is 3.20. The van der Waals surface area contributed by atoms with E-state index in [2.05, 4.69) is 21.9 Å². The second-order valence-corrected chi connectivity index (χ2v) is 5.08. The molecule has 0 fully saturated rings. The summed E-state index contributed by atoms with van der Waals surface area (Å²) in [6.07, 6.45) is 3.18. The van der Waals surface area contributed by atoms with Crippen LogP contribution in [0.1, 0.15) is 0 Å². The molecule has 4 nitrogen and oxygen atoms in total. The first kappa shape index (κ1) is 12.1. The first-order valence-electron chi connectivity index (χ1n) is 5.00. The summed E-state index contributed by atoms with van der Waals surface area (Å²) in [5.74, 6) is 0.343. The number of nitrogens with one attached hydrogen (secondary N) is 1. The fourth-order valence-corrected chi connectivity index (χ4v) is 3.02. The summed E-state index contributed by atoms with van der Waals surface area (Å²) in [7, 11) is 0. The van der Waals surface area contributed by atoms with E-state index in [1.807, 2.05) is 11.4 Å². The third-order valence-corrected chi connectivity index (χ3v) is 4.02. The quantitative estimate of drug-likeness (QED) is 0.511. The average molecular weight is 265 g/mol. The molecule has 0 spiro atoms. The number of hydrogen-bond acceptors (Lipinski definition) is 5. The molecular weight excluding hydrogens is 254 g/mol. The van der Waals surface area contributed by atoms with Crippen molar-refractivity contribution < 1.29 is 4.79 Å². The molecule has 0 aliphatic heterocycles. The van der Waals surface area contributed by atoms with Gasteiger partial charge in [0, 0.05) is 6.54 Å². The Morgan fingerprint density at radius 3 is 3.29 bits per heavy atom. The topological polar surface area (TPSA) is 54.9 Å². The fourth-order valence-electron chi connectivity index (χ4n) is 1.24. The van der Waals surface area contributed by atoms with Gasteiger partial charge in [-0.15, -0.1) is 17.9 Å². The maximum Gasteiger partial charge on any atom is 0.230 e. The molecule has 88 valence electrons. The summed E-state index contributed by atoms with van der Waals surface area (Å²) in [5.41, 5.74) is 0.930. The van der Waals surface area contributed by atoms with E-state index in [4.69, 9.17) is 0 Å². The molecule has 2 rings (SSSR count). The highest BCUT2D eigenvalue weighted by molar-refractivity contribution is 8.00. The van der Waals surface area contributed by atoms with Crippen molar-refractivity contribution in [1.29, 1.82) is 0 Å². The molecule has 0 saturated heterocycles. The van der Waals surface area contributed by atoms with Gasteiger partial charge in [-0.3, -0.25) is 4.79 Å². The summed E-state index contributed by atoms with van der Waals surface area (Å²) in [5, 5.41) is 5.56. The fraction of sp³-hybridized carbons (Fsp3) is 0.182. The van der Waals surface area contributed by atoms with Gasteiger partial charge < -0.3 is 5.32 Å². The van der Waals surface area contributed by atoms with Crippen LogP contribution in [-0.4, -0.2) is 28.2 Å². The molecule has 0 aromatic carbocycles. The zero-order valence-electron chi connectivity index (χ0n) is 9.05. The molecule has 0 atom stereocenters. The lowest BCUT2D eigenvalue weighted by molar-refractivity contribution is -0.118. The molecule has 2 aromatic heterocycles. The number of thioether (sulfide) groups is 1. The number of rotatable bonds is 5. The normalized spacial score (nSPS) is 10.4. The van der Waals surface area contributed by atoms with Crippen LogP contribution >= 0.6 is 23.1 Å². The van der Waals surface area contributed by atoms with E-state index in [1.165, 1.54) is 18.1 Å². The first-order valence-corrected chi connectivity index (χ1v) is 6.86. The minimum atomic E-state index is -0.0155. The van der Waals surface area contributed by atoms with E-state index in [0.29, 0.717) is 12.3 Å². The van der Waals surface area contributed by atoms with Crippen LogP contribution in [0.5, 0.6) is 0 Å². The summed E-state index contributed by atoms with van der Waals surface area (Å²) in [6.45, 7) is 4.04. The predicted molar refractivity (Wildman–Crippen MR) is 71.3 cm³/mol. The number of aromatic nitrogens is 2. The standard InChI is InChI=1S/C11H11N3OS2/c1-2-4-12-9(15)6-17-11-10-8(3-5-16-10)13-7-14-11/h2-3,5,7H,1,4,6H2,(H,12,15). The highest BCUT2D eigenvalue weighted by atomic mass is 32.2. The predicted octanol–water partition coefficient (Wildman–Crippen LogP) is 2.09. The van der Waals surface area contributed by atoms with Gasteiger partial charge in [0.25, 0.3) is 0 Å². The van der Waals surface area contributed by atoms with Gasteiger partial charge in [-0.2, -0.15) is 0 Å². The molecule has 1 N–H and O–H groups in total. The number of hydrogen-bond donors (Lipinski definition) is 1. The number of fused-ring (bicyclic) bond motifs is 1. The van der Waals surface area contributed by atoms with Crippen LogP contribution in [0.3, 0.4) is 0 Å². The van der Waals surface area contributed by atoms with Crippen molar-refractivity contribution in [2.24, 2.45) is 0 Å². The van der Waals surface area contributed by atoms with Crippen LogP contribution in [0, 0.1) is 0 Å². The Bertz CT molecular complexity index is 538. The lowest BCUT2D eigenvalue weighted by Crippen LogP contribution is -2.24. The summed E-state index contributed by atoms with van der Waals surface area (Å²) in [6, 6.07) is 1.95. The summed E-state index contributed by atoms with van der Waals surface area (Å²) < 4.78 is 1.04. The monoisotopic (exact) mass is 265 g/mol. The van der Waals surface area contributed by atoms with Crippen LogP contribution in [0.2, 0.25) is 0 Å². The smallest absolute Gasteiger partial charge is 0.230 e. The van der Waals surface area contributed by atoms with Crippen molar-refractivity contribution in [3.63, 3.8) is 0 Å². The molecule has 0 aliphatic carbocycles. The maximum absolute atomic E-state index is 11.4. The van der Waals surface area contributed by atoms with Gasteiger partial charge in [0.05, 0.1) is 16.0 Å². The lowest BCUT2D eigenvalue weighted by Gasteiger charge is -2.02. The van der Waals surface area contributed by atoms with Crippen molar-refractivity contribution in [2.75, 3.05) is 12.3 Å². The van der Waals surface area contributed by atoms with Crippen LogP contribution in [-0.2, 0) is 4.79 Å². The zero-order valence-corrected chi connectivity index (χ0v) is 10.7. The number of carbonyl (C=O) groups is 1. The maximum atomic E-state index is 11.4. The molecule has 1 amide bonds. The Balaban J connectivity index is 2.01. The van der Waals surface area contributed by atoms with E-state index in [0.717, 1.165) is 15.2 Å². The van der Waals surface area contributed by atoms with Crippen molar-refractivity contribution in [2.45, 2.75) is 5.03 Å². The van der Waals surface area contributed by atoms with E-state index in [-0.39, 0.29) is 5.91 Å². The third kappa shape index (κ3) is 3.04. The van der Waals surface area contributed by atoms with Crippen molar-refractivity contribution in [3.05, 3.63) is 30.4 Å². The Morgan fingerprint density at radius 1 is 1.59 bits per heavy atom. The van der Waals surface area contributed by atoms with Gasteiger partial charge in [-0.05, 0) is 11.4 Å². The van der Waals surface area contributed by atoms with Gasteiger partial charge in [0.1, 0.15) is 11.4 Å². The van der Waals surface area contributed by atoms with E-state index >= 15 is 0 Å². The molecule has 0 unspecified atom stereocenters. The van der Waals surface area contributed by atoms with Gasteiger partial charge in [-0.1, -0.05) is 17.8 Å². The molecular formula is C11H11N3OS2. The molecule has 0 bridgehead atoms. The SMILES string of the molecule is C=CCNC(=O)CSc1ncnc2ccsc12. The molecule has 2 aromatic rings. The van der Waals surface area contributed by atoms with Crippen LogP contribution < -0.4 is 5.32 Å². The van der Waals surface area contributed by atoms with E-state index < -0.39 is 0 Å². The molecule has 0 radical (unpaired) electrons. The van der Waals surface area contributed by atoms with Crippen molar-refractivity contribution >= 4 is 39.2 Å². The Hall–Kier alpha value is -1.40. The number of thiophene rings is 1. The van der Waals surface area contributed by atoms with Gasteiger partial charge in [0.15, 0.2) is 0 Å². The van der Waals surface area contributed by atoms with Crippen molar-refractivity contribution in [3.8, 4) is 0 Å². The number of carbonyl (C=O) groups excluding carboxylic acids is 1. The number of amides is 1. The molecule has 0 saturated carbocycles. The highest BCUT2D eigenvalue weighted by Gasteiger charge is 2.07. The van der Waals surface area contributed by atoms with E-state index in [1.54, 1.807) is 17.4 Å². The first-order chi connectivity index (χ1) is 8.31. The molecule has 6 heteroatoms. The minimum Gasteiger partial charge on any atom is -0.352 e. The third-order valence-electron chi connectivity index (χ3n) is 1.99. The largest absolute Gasteiger partial charge is 0.352 e. The molecule has 17 heavy (non-hydrogen) atoms. The zero-order chi connectivity index (χ0) is 12.1. The van der Waals surface area contributed by atoms with Gasteiger partial charge in [-0.25, -0.2) is 9.97 Å². The van der Waals surface area contributed by atoms with Crippen LogP contribution in [0.25, 0.3) is 10.2 Å². The summed E-state index contributed by atoms with van der Waals surface area (Å²) in [4.78, 5) is 19.8. The highest BCUT2D eigenvalue weighted by Crippen LogP contribution is 2.28. The van der Waals surface area contributed by atoms with Crippen molar-refractivity contribution in [1.82, 2.24) is 15.3 Å². The van der Waals surface area contributed by atoms with Gasteiger partial charge >= 0.3 is 0 Å². The Morgan fingerprint density at radius 2 is 2.47 bits per heavy atom. The van der Waals surface area contributed by atoms with Crippen LogP contribution in [0.4, 0.5) is 0 Å².